The molecule has 0 saturated heterocycles. The van der Waals surface area contributed by atoms with Crippen molar-refractivity contribution in [1.29, 1.82) is 0 Å². The van der Waals surface area contributed by atoms with Crippen molar-refractivity contribution in [3.8, 4) is 0 Å². The highest BCUT2D eigenvalue weighted by molar-refractivity contribution is 5.89. The van der Waals surface area contributed by atoms with Gasteiger partial charge < -0.3 is 20.8 Å². The standard InChI is InChI=1S/C8H12N2O5/c11-5-3-1-2-4(9-7(12)13)6(5)10-8(14)15/h4,6,9-10H,1-3H2,(H,12,13)(H,14,15)/t4-,6-/m0/s1. The third-order valence-electron chi connectivity index (χ3n) is 2.28. The zero-order valence-electron chi connectivity index (χ0n) is 7.90. The van der Waals surface area contributed by atoms with Gasteiger partial charge in [-0.1, -0.05) is 0 Å². The lowest BCUT2D eigenvalue weighted by Gasteiger charge is -2.29. The smallest absolute Gasteiger partial charge is 0.405 e. The molecular formula is C8H12N2O5. The summed E-state index contributed by atoms with van der Waals surface area (Å²) in [6.07, 6.45) is -1.27. The average molecular weight is 216 g/mol. The number of carbonyl (C=O) groups is 3. The molecule has 84 valence electrons. The monoisotopic (exact) mass is 216 g/mol. The van der Waals surface area contributed by atoms with E-state index in [2.05, 4.69) is 5.32 Å². The number of Topliss-reactive ketones (excluding diaryl/α,β-unsaturated/α-hetero) is 1. The minimum atomic E-state index is -1.33. The highest BCUT2D eigenvalue weighted by atomic mass is 16.4. The zero-order chi connectivity index (χ0) is 11.4. The van der Waals surface area contributed by atoms with E-state index in [1.807, 2.05) is 5.32 Å². The number of nitrogens with one attached hydrogen (secondary N) is 2. The van der Waals surface area contributed by atoms with E-state index < -0.39 is 24.3 Å². The summed E-state index contributed by atoms with van der Waals surface area (Å²) < 4.78 is 0. The van der Waals surface area contributed by atoms with Crippen LogP contribution in [0, 0.1) is 0 Å². The second-order valence-electron chi connectivity index (χ2n) is 3.34. The lowest BCUT2D eigenvalue weighted by Crippen LogP contribution is -2.57. The van der Waals surface area contributed by atoms with Crippen LogP contribution in [0.2, 0.25) is 0 Å². The van der Waals surface area contributed by atoms with Crippen molar-refractivity contribution < 1.29 is 24.6 Å². The van der Waals surface area contributed by atoms with Gasteiger partial charge in [0.1, 0.15) is 6.04 Å². The predicted molar refractivity (Wildman–Crippen MR) is 48.8 cm³/mol. The molecule has 7 heteroatoms. The first kappa shape index (κ1) is 11.3. The summed E-state index contributed by atoms with van der Waals surface area (Å²) in [5, 5.41) is 21.2. The Morgan fingerprint density at radius 3 is 2.33 bits per heavy atom. The van der Waals surface area contributed by atoms with Gasteiger partial charge in [-0.2, -0.15) is 0 Å². The second-order valence-corrected chi connectivity index (χ2v) is 3.34. The summed E-state index contributed by atoms with van der Waals surface area (Å²) in [6, 6.07) is -1.63. The van der Waals surface area contributed by atoms with Crippen LogP contribution in [0.3, 0.4) is 0 Å². The molecule has 0 radical (unpaired) electrons. The first-order valence-corrected chi connectivity index (χ1v) is 4.52. The molecule has 0 spiro atoms. The van der Waals surface area contributed by atoms with Crippen LogP contribution in [0.1, 0.15) is 19.3 Å². The molecule has 1 fully saturated rings. The van der Waals surface area contributed by atoms with Gasteiger partial charge in [0.2, 0.25) is 0 Å². The topological polar surface area (TPSA) is 116 Å². The molecule has 1 aliphatic rings. The largest absolute Gasteiger partial charge is 0.465 e. The van der Waals surface area contributed by atoms with Crippen molar-refractivity contribution in [3.05, 3.63) is 0 Å². The van der Waals surface area contributed by atoms with E-state index in [4.69, 9.17) is 10.2 Å². The number of amides is 2. The SMILES string of the molecule is O=C(O)N[C@H]1CCCC(=O)[C@H]1NC(=O)O. The fraction of sp³-hybridized carbons (Fsp3) is 0.625. The molecule has 1 rings (SSSR count). The number of hydrogen-bond acceptors (Lipinski definition) is 3. The van der Waals surface area contributed by atoms with Gasteiger partial charge in [0.15, 0.2) is 5.78 Å². The van der Waals surface area contributed by atoms with Crippen molar-refractivity contribution in [1.82, 2.24) is 10.6 Å². The van der Waals surface area contributed by atoms with Gasteiger partial charge in [-0.25, -0.2) is 9.59 Å². The Kier molecular flexibility index (Phi) is 3.48. The van der Waals surface area contributed by atoms with Crippen LogP contribution >= 0.6 is 0 Å². The molecule has 0 aliphatic heterocycles. The third kappa shape index (κ3) is 3.12. The Morgan fingerprint density at radius 2 is 1.80 bits per heavy atom. The van der Waals surface area contributed by atoms with Gasteiger partial charge in [-0.3, -0.25) is 4.79 Å². The highest BCUT2D eigenvalue weighted by Gasteiger charge is 2.33. The van der Waals surface area contributed by atoms with Gasteiger partial charge in [-0.05, 0) is 12.8 Å². The normalized spacial score (nSPS) is 25.7. The number of rotatable bonds is 2. The first-order chi connectivity index (χ1) is 7.00. The van der Waals surface area contributed by atoms with E-state index in [9.17, 15) is 14.4 Å². The summed E-state index contributed by atoms with van der Waals surface area (Å²) in [4.78, 5) is 32.2. The van der Waals surface area contributed by atoms with Crippen LogP contribution in [0.25, 0.3) is 0 Å². The summed E-state index contributed by atoms with van der Waals surface area (Å²) in [7, 11) is 0. The number of hydrogen-bond donors (Lipinski definition) is 4. The average Bonchev–Trinajstić information content (AvgIpc) is 2.09. The molecule has 4 N–H and O–H groups in total. The molecule has 0 aromatic carbocycles. The Labute approximate surface area is 85.5 Å². The fourth-order valence-electron chi connectivity index (χ4n) is 1.67. The van der Waals surface area contributed by atoms with Gasteiger partial charge in [0.25, 0.3) is 0 Å². The maximum absolute atomic E-state index is 11.4. The highest BCUT2D eigenvalue weighted by Crippen LogP contribution is 2.15. The Balaban J connectivity index is 2.67. The van der Waals surface area contributed by atoms with Crippen molar-refractivity contribution in [2.75, 3.05) is 0 Å². The Hall–Kier alpha value is -1.79. The molecule has 0 bridgehead atoms. The fourth-order valence-corrected chi connectivity index (χ4v) is 1.67. The minimum absolute atomic E-state index is 0.276. The zero-order valence-corrected chi connectivity index (χ0v) is 7.90. The lowest BCUT2D eigenvalue weighted by molar-refractivity contribution is -0.123. The van der Waals surface area contributed by atoms with E-state index in [1.54, 1.807) is 0 Å². The third-order valence-corrected chi connectivity index (χ3v) is 2.28. The number of carboxylic acid groups (broad SMARTS) is 2. The number of ketones is 1. The van der Waals surface area contributed by atoms with E-state index in [-0.39, 0.29) is 12.2 Å². The molecule has 0 aromatic heterocycles. The van der Waals surface area contributed by atoms with Crippen molar-refractivity contribution in [3.63, 3.8) is 0 Å². The van der Waals surface area contributed by atoms with Gasteiger partial charge in [0.05, 0.1) is 6.04 Å². The lowest BCUT2D eigenvalue weighted by atomic mass is 9.89. The van der Waals surface area contributed by atoms with Crippen molar-refractivity contribution in [2.24, 2.45) is 0 Å². The van der Waals surface area contributed by atoms with E-state index in [0.717, 1.165) is 0 Å². The molecule has 2 atom stereocenters. The maximum atomic E-state index is 11.4. The summed E-state index contributed by atoms with van der Waals surface area (Å²) >= 11 is 0. The van der Waals surface area contributed by atoms with Crippen LogP contribution in [0.15, 0.2) is 0 Å². The molecule has 0 unspecified atom stereocenters. The van der Waals surface area contributed by atoms with Crippen molar-refractivity contribution >= 4 is 18.0 Å². The van der Waals surface area contributed by atoms with Gasteiger partial charge in [0, 0.05) is 6.42 Å². The summed E-state index contributed by atoms with van der Waals surface area (Å²) in [6.45, 7) is 0. The van der Waals surface area contributed by atoms with Crippen LogP contribution in [-0.2, 0) is 4.79 Å². The summed E-state index contributed by atoms with van der Waals surface area (Å²) in [5.74, 6) is -0.276. The molecule has 15 heavy (non-hydrogen) atoms. The Bertz CT molecular complexity index is 291. The van der Waals surface area contributed by atoms with Crippen LogP contribution in [0.4, 0.5) is 9.59 Å². The van der Waals surface area contributed by atoms with E-state index in [1.165, 1.54) is 0 Å². The van der Waals surface area contributed by atoms with E-state index >= 15 is 0 Å². The predicted octanol–water partition coefficient (Wildman–Crippen LogP) is 0.0118. The Morgan fingerprint density at radius 1 is 1.20 bits per heavy atom. The van der Waals surface area contributed by atoms with Crippen LogP contribution in [0.5, 0.6) is 0 Å². The molecule has 0 heterocycles. The molecule has 7 nitrogen and oxygen atoms in total. The number of carbonyl (C=O) groups excluding carboxylic acids is 1. The quantitative estimate of drug-likeness (QED) is 0.519. The summed E-state index contributed by atoms with van der Waals surface area (Å²) in [5.41, 5.74) is 0. The molecule has 2 amide bonds. The molecule has 0 aromatic rings. The second kappa shape index (κ2) is 4.63. The van der Waals surface area contributed by atoms with E-state index in [0.29, 0.717) is 12.8 Å². The van der Waals surface area contributed by atoms with Gasteiger partial charge >= 0.3 is 12.2 Å². The van der Waals surface area contributed by atoms with Crippen LogP contribution < -0.4 is 10.6 Å². The molecule has 1 aliphatic carbocycles. The first-order valence-electron chi connectivity index (χ1n) is 4.52. The van der Waals surface area contributed by atoms with Gasteiger partial charge in [-0.15, -0.1) is 0 Å². The minimum Gasteiger partial charge on any atom is -0.465 e. The maximum Gasteiger partial charge on any atom is 0.405 e. The van der Waals surface area contributed by atoms with Crippen LogP contribution in [-0.4, -0.2) is 40.3 Å². The molecule has 1 saturated carbocycles. The molecular weight excluding hydrogens is 204 g/mol. The van der Waals surface area contributed by atoms with Crippen molar-refractivity contribution in [2.45, 2.75) is 31.3 Å².